The third kappa shape index (κ3) is 2.78. The van der Waals surface area contributed by atoms with E-state index in [0.29, 0.717) is 22.2 Å². The molecule has 0 amide bonds. The van der Waals surface area contributed by atoms with E-state index in [1.165, 1.54) is 0 Å². The van der Waals surface area contributed by atoms with Crippen molar-refractivity contribution in [2.24, 2.45) is 5.16 Å². The molecule has 0 radical (unpaired) electrons. The van der Waals surface area contributed by atoms with Crippen LogP contribution in [0.4, 0.5) is 5.82 Å². The predicted molar refractivity (Wildman–Crippen MR) is 104 cm³/mol. The highest BCUT2D eigenvalue weighted by Gasteiger charge is 2.15. The summed E-state index contributed by atoms with van der Waals surface area (Å²) in [5, 5.41) is 13.7. The van der Waals surface area contributed by atoms with E-state index in [-0.39, 0.29) is 0 Å². The van der Waals surface area contributed by atoms with Gasteiger partial charge in [0.2, 0.25) is 0 Å². The van der Waals surface area contributed by atoms with Crippen molar-refractivity contribution < 1.29 is 5.21 Å². The Kier molecular flexibility index (Phi) is 4.07. The number of rotatable bonds is 3. The fraction of sp³-hybridized carbons (Fsp3) is 0. The van der Waals surface area contributed by atoms with Gasteiger partial charge in [-0.25, -0.2) is 4.98 Å². The number of benzene rings is 2. The van der Waals surface area contributed by atoms with Crippen LogP contribution in [0.15, 0.2) is 78.1 Å². The molecule has 0 aliphatic heterocycles. The number of hydrogen-bond donors (Lipinski definition) is 2. The number of aromatic nitrogens is 2. The summed E-state index contributed by atoms with van der Waals surface area (Å²) in [5.74, 6) is 0.409. The maximum absolute atomic E-state index is 9.55. The van der Waals surface area contributed by atoms with E-state index in [2.05, 4.69) is 10.1 Å². The van der Waals surface area contributed by atoms with E-state index < -0.39 is 0 Å². The molecule has 0 bridgehead atoms. The highest BCUT2D eigenvalue weighted by molar-refractivity contribution is 6.30. The van der Waals surface area contributed by atoms with Gasteiger partial charge in [0.05, 0.1) is 5.69 Å². The first-order chi connectivity index (χ1) is 12.7. The summed E-state index contributed by atoms with van der Waals surface area (Å²) in [6.07, 6.45) is 1.86. The van der Waals surface area contributed by atoms with Gasteiger partial charge in [0.15, 0.2) is 5.82 Å². The molecule has 4 aromatic rings. The second-order valence-corrected chi connectivity index (χ2v) is 6.25. The summed E-state index contributed by atoms with van der Waals surface area (Å²) in [6.45, 7) is 0. The Hall–Kier alpha value is -3.31. The summed E-state index contributed by atoms with van der Waals surface area (Å²) in [6, 6.07) is 20.6. The lowest BCUT2D eigenvalue weighted by Crippen LogP contribution is -2.05. The zero-order chi connectivity index (χ0) is 18.1. The van der Waals surface area contributed by atoms with Crippen LogP contribution in [0.1, 0.15) is 11.1 Å². The summed E-state index contributed by atoms with van der Waals surface area (Å²) in [4.78, 5) is 4.41. The molecule has 128 valence electrons. The number of nitrogens with two attached hydrogens (primary N) is 1. The number of pyridine rings is 1. The van der Waals surface area contributed by atoms with Crippen molar-refractivity contribution >= 4 is 28.8 Å². The monoisotopic (exact) mass is 362 g/mol. The van der Waals surface area contributed by atoms with Crippen LogP contribution < -0.4 is 5.73 Å². The first-order valence-electron chi connectivity index (χ1n) is 7.99. The number of nitrogens with zero attached hydrogens (tertiary/aromatic N) is 3. The molecule has 26 heavy (non-hydrogen) atoms. The summed E-state index contributed by atoms with van der Waals surface area (Å²) in [5.41, 5.74) is 10.5. The van der Waals surface area contributed by atoms with E-state index in [4.69, 9.17) is 17.3 Å². The summed E-state index contributed by atoms with van der Waals surface area (Å²) >= 11 is 6.13. The van der Waals surface area contributed by atoms with Crippen molar-refractivity contribution in [3.05, 3.63) is 89.1 Å². The molecule has 2 aromatic heterocycles. The van der Waals surface area contributed by atoms with E-state index >= 15 is 0 Å². The van der Waals surface area contributed by atoms with Crippen LogP contribution in [0.25, 0.3) is 16.9 Å². The zero-order valence-corrected chi connectivity index (χ0v) is 14.4. The van der Waals surface area contributed by atoms with Gasteiger partial charge in [0.1, 0.15) is 11.4 Å². The lowest BCUT2D eigenvalue weighted by atomic mass is 10.0. The number of fused-ring (bicyclic) bond motifs is 1. The van der Waals surface area contributed by atoms with Crippen molar-refractivity contribution in [3.63, 3.8) is 0 Å². The van der Waals surface area contributed by atoms with Gasteiger partial charge in [-0.3, -0.25) is 4.40 Å². The van der Waals surface area contributed by atoms with Crippen LogP contribution in [0.5, 0.6) is 0 Å². The minimum atomic E-state index is 0.409. The van der Waals surface area contributed by atoms with Gasteiger partial charge < -0.3 is 10.9 Å². The highest BCUT2D eigenvalue weighted by Crippen LogP contribution is 2.29. The van der Waals surface area contributed by atoms with Crippen LogP contribution in [-0.4, -0.2) is 20.3 Å². The first-order valence-corrected chi connectivity index (χ1v) is 8.36. The van der Waals surface area contributed by atoms with Crippen molar-refractivity contribution in [2.75, 3.05) is 5.73 Å². The van der Waals surface area contributed by atoms with Crippen LogP contribution in [-0.2, 0) is 0 Å². The quantitative estimate of drug-likeness (QED) is 0.321. The average Bonchev–Trinajstić information content (AvgIpc) is 2.98. The van der Waals surface area contributed by atoms with Gasteiger partial charge in [-0.05, 0) is 24.3 Å². The summed E-state index contributed by atoms with van der Waals surface area (Å²) in [7, 11) is 0. The molecule has 2 heterocycles. The Labute approximate surface area is 155 Å². The molecule has 3 N–H and O–H groups in total. The topological polar surface area (TPSA) is 75.9 Å². The molecule has 4 rings (SSSR count). The predicted octanol–water partition coefficient (Wildman–Crippen LogP) is 4.46. The number of nitrogen functional groups attached to an aromatic ring is 1. The van der Waals surface area contributed by atoms with Gasteiger partial charge in [-0.15, -0.1) is 0 Å². The van der Waals surface area contributed by atoms with Crippen LogP contribution in [0, 0.1) is 0 Å². The fourth-order valence-electron chi connectivity index (χ4n) is 3.00. The zero-order valence-electron chi connectivity index (χ0n) is 13.7. The Morgan fingerprint density at radius 3 is 2.54 bits per heavy atom. The lowest BCUT2D eigenvalue weighted by molar-refractivity contribution is 0.319. The Morgan fingerprint density at radius 1 is 1.00 bits per heavy atom. The second kappa shape index (κ2) is 6.54. The molecule has 0 saturated heterocycles. The fourth-order valence-corrected chi connectivity index (χ4v) is 3.19. The molecule has 2 aromatic carbocycles. The molecule has 0 atom stereocenters. The maximum Gasteiger partial charge on any atom is 0.150 e. The maximum atomic E-state index is 9.55. The Balaban J connectivity index is 1.91. The standard InChI is InChI=1S/C20H15ClN4O/c21-16-8-4-7-14(11-16)19-20(22)23-17-10-9-15(12-25(17)19)18(24-26)13-5-2-1-3-6-13/h1-12,26H,22H2/b24-18+. The van der Waals surface area contributed by atoms with Crippen LogP contribution in [0.2, 0.25) is 5.02 Å². The molecule has 5 nitrogen and oxygen atoms in total. The molecule has 0 spiro atoms. The molecular formula is C20H15ClN4O. The minimum absolute atomic E-state index is 0.409. The smallest absolute Gasteiger partial charge is 0.150 e. The van der Waals surface area contributed by atoms with Gasteiger partial charge >= 0.3 is 0 Å². The van der Waals surface area contributed by atoms with Gasteiger partial charge in [-0.1, -0.05) is 59.2 Å². The van der Waals surface area contributed by atoms with Crippen LogP contribution in [0.3, 0.4) is 0 Å². The number of halogens is 1. The molecule has 0 unspecified atom stereocenters. The van der Waals surface area contributed by atoms with Crippen molar-refractivity contribution in [3.8, 4) is 11.3 Å². The van der Waals surface area contributed by atoms with Crippen molar-refractivity contribution in [2.45, 2.75) is 0 Å². The number of imidazole rings is 1. The van der Waals surface area contributed by atoms with Gasteiger partial charge in [-0.2, -0.15) is 0 Å². The van der Waals surface area contributed by atoms with E-state index in [1.54, 1.807) is 0 Å². The van der Waals surface area contributed by atoms with Crippen LogP contribution >= 0.6 is 11.6 Å². The lowest BCUT2D eigenvalue weighted by Gasteiger charge is -2.08. The molecule has 0 aliphatic rings. The SMILES string of the molecule is Nc1nc2ccc(/C(=N/O)c3ccccc3)cn2c1-c1cccc(Cl)c1. The summed E-state index contributed by atoms with van der Waals surface area (Å²) < 4.78 is 1.88. The largest absolute Gasteiger partial charge is 0.410 e. The average molecular weight is 363 g/mol. The third-order valence-electron chi connectivity index (χ3n) is 4.16. The first kappa shape index (κ1) is 16.2. The number of oxime groups is 1. The van der Waals surface area contributed by atoms with Gasteiger partial charge in [0.25, 0.3) is 0 Å². The highest BCUT2D eigenvalue weighted by atomic mass is 35.5. The number of anilines is 1. The van der Waals surface area contributed by atoms with Crippen molar-refractivity contribution in [1.82, 2.24) is 9.38 Å². The van der Waals surface area contributed by atoms with E-state index in [0.717, 1.165) is 22.4 Å². The molecule has 6 heteroatoms. The molecule has 0 fully saturated rings. The third-order valence-corrected chi connectivity index (χ3v) is 4.40. The normalized spacial score (nSPS) is 11.8. The number of hydrogen-bond acceptors (Lipinski definition) is 4. The Morgan fingerprint density at radius 2 is 1.81 bits per heavy atom. The molecular weight excluding hydrogens is 348 g/mol. The second-order valence-electron chi connectivity index (χ2n) is 5.82. The Bertz CT molecular complexity index is 1120. The van der Waals surface area contributed by atoms with Crippen molar-refractivity contribution in [1.29, 1.82) is 0 Å². The molecule has 0 saturated carbocycles. The minimum Gasteiger partial charge on any atom is -0.410 e. The molecule has 0 aliphatic carbocycles. The van der Waals surface area contributed by atoms with E-state index in [1.807, 2.05) is 77.3 Å². The van der Waals surface area contributed by atoms with Gasteiger partial charge in [0, 0.05) is 27.9 Å². The van der Waals surface area contributed by atoms with E-state index in [9.17, 15) is 5.21 Å².